The molecule has 0 aliphatic heterocycles. The van der Waals surface area contributed by atoms with E-state index >= 15 is 0 Å². The second-order valence-corrected chi connectivity index (χ2v) is 4.92. The van der Waals surface area contributed by atoms with E-state index in [1.54, 1.807) is 12.1 Å². The van der Waals surface area contributed by atoms with E-state index in [9.17, 15) is 14.0 Å². The third-order valence-electron chi connectivity index (χ3n) is 2.82. The van der Waals surface area contributed by atoms with Gasteiger partial charge in [-0.25, -0.2) is 4.39 Å². The van der Waals surface area contributed by atoms with Crippen molar-refractivity contribution in [2.45, 2.75) is 12.8 Å². The van der Waals surface area contributed by atoms with Crippen molar-refractivity contribution in [2.75, 3.05) is 11.9 Å². The monoisotopic (exact) mass is 324 g/mol. The zero-order valence-corrected chi connectivity index (χ0v) is 12.3. The number of nitrogens with one attached hydrogen (secondary N) is 2. The number of hydrogen-bond acceptors (Lipinski definition) is 3. The van der Waals surface area contributed by atoms with E-state index in [-0.39, 0.29) is 29.0 Å². The van der Waals surface area contributed by atoms with Gasteiger partial charge in [-0.1, -0.05) is 11.6 Å². The first-order valence-corrected chi connectivity index (χ1v) is 7.00. The molecule has 0 unspecified atom stereocenters. The molecule has 0 aliphatic rings. The van der Waals surface area contributed by atoms with E-state index in [0.29, 0.717) is 18.7 Å². The smallest absolute Gasteiger partial charge is 0.286 e. The van der Waals surface area contributed by atoms with Crippen LogP contribution in [0.25, 0.3) is 0 Å². The van der Waals surface area contributed by atoms with Crippen LogP contribution in [0.4, 0.5) is 10.1 Å². The van der Waals surface area contributed by atoms with Gasteiger partial charge in [0.25, 0.3) is 5.91 Å². The Morgan fingerprint density at radius 2 is 2.09 bits per heavy atom. The SMILES string of the molecule is O=C(CCCNC(=O)c1ccco1)Nc1ccc(F)cc1Cl. The van der Waals surface area contributed by atoms with E-state index in [2.05, 4.69) is 10.6 Å². The maximum Gasteiger partial charge on any atom is 0.286 e. The van der Waals surface area contributed by atoms with Gasteiger partial charge in [0, 0.05) is 13.0 Å². The van der Waals surface area contributed by atoms with Crippen molar-refractivity contribution in [2.24, 2.45) is 0 Å². The molecule has 2 N–H and O–H groups in total. The number of anilines is 1. The molecule has 0 spiro atoms. The molecule has 22 heavy (non-hydrogen) atoms. The number of carbonyl (C=O) groups excluding carboxylic acids is 2. The summed E-state index contributed by atoms with van der Waals surface area (Å²) in [6.45, 7) is 0.337. The minimum absolute atomic E-state index is 0.138. The van der Waals surface area contributed by atoms with Gasteiger partial charge in [-0.2, -0.15) is 0 Å². The van der Waals surface area contributed by atoms with Crippen LogP contribution in [0.15, 0.2) is 41.0 Å². The summed E-state index contributed by atoms with van der Waals surface area (Å²) in [5, 5.41) is 5.36. The van der Waals surface area contributed by atoms with Gasteiger partial charge < -0.3 is 15.1 Å². The Hall–Kier alpha value is -2.34. The quantitative estimate of drug-likeness (QED) is 0.801. The summed E-state index contributed by atoms with van der Waals surface area (Å²) in [4.78, 5) is 23.3. The van der Waals surface area contributed by atoms with E-state index in [0.717, 1.165) is 6.07 Å². The number of carbonyl (C=O) groups is 2. The second kappa shape index (κ2) is 7.61. The van der Waals surface area contributed by atoms with Crippen molar-refractivity contribution in [3.8, 4) is 0 Å². The Kier molecular flexibility index (Phi) is 5.55. The lowest BCUT2D eigenvalue weighted by molar-refractivity contribution is -0.116. The molecule has 0 fully saturated rings. The topological polar surface area (TPSA) is 71.3 Å². The van der Waals surface area contributed by atoms with Crippen molar-refractivity contribution < 1.29 is 18.4 Å². The maximum absolute atomic E-state index is 12.9. The Morgan fingerprint density at radius 1 is 1.27 bits per heavy atom. The second-order valence-electron chi connectivity index (χ2n) is 4.51. The molecule has 0 radical (unpaired) electrons. The van der Waals surface area contributed by atoms with E-state index in [4.69, 9.17) is 16.0 Å². The Balaban J connectivity index is 1.71. The van der Waals surface area contributed by atoms with Gasteiger partial charge >= 0.3 is 0 Å². The molecule has 7 heteroatoms. The van der Waals surface area contributed by atoms with Crippen LogP contribution in [0.3, 0.4) is 0 Å². The van der Waals surface area contributed by atoms with Gasteiger partial charge in [-0.15, -0.1) is 0 Å². The molecule has 1 aromatic heterocycles. The minimum Gasteiger partial charge on any atom is -0.459 e. The van der Waals surface area contributed by atoms with Crippen molar-refractivity contribution in [3.05, 3.63) is 53.2 Å². The summed E-state index contributed by atoms with van der Waals surface area (Å²) in [6.07, 6.45) is 2.07. The predicted molar refractivity (Wildman–Crippen MR) is 80.3 cm³/mol. The van der Waals surface area contributed by atoms with Gasteiger partial charge in [0.1, 0.15) is 5.82 Å². The fraction of sp³-hybridized carbons (Fsp3) is 0.200. The molecule has 0 bridgehead atoms. The Morgan fingerprint density at radius 3 is 2.77 bits per heavy atom. The normalized spacial score (nSPS) is 10.3. The van der Waals surface area contributed by atoms with Crippen molar-refractivity contribution in [1.82, 2.24) is 5.32 Å². The predicted octanol–water partition coefficient (Wildman–Crippen LogP) is 3.22. The molecule has 116 valence electrons. The number of furan rings is 1. The molecule has 0 saturated heterocycles. The van der Waals surface area contributed by atoms with Crippen LogP contribution < -0.4 is 10.6 Å². The fourth-order valence-corrected chi connectivity index (χ4v) is 1.96. The summed E-state index contributed by atoms with van der Waals surface area (Å²) in [5.41, 5.74) is 0.354. The first kappa shape index (κ1) is 16.0. The van der Waals surface area contributed by atoms with Crippen molar-refractivity contribution in [1.29, 1.82) is 0 Å². The standard InChI is InChI=1S/C15H14ClFN2O3/c16-11-9-10(17)5-6-12(11)19-14(20)4-1-7-18-15(21)13-3-2-8-22-13/h2-3,5-6,8-9H,1,4,7H2,(H,18,21)(H,19,20). The Labute approximate surface area is 131 Å². The number of hydrogen-bond donors (Lipinski definition) is 2. The molecule has 1 heterocycles. The highest BCUT2D eigenvalue weighted by Crippen LogP contribution is 2.22. The fourth-order valence-electron chi connectivity index (χ4n) is 1.75. The average molecular weight is 325 g/mol. The summed E-state index contributed by atoms with van der Waals surface area (Å²) in [7, 11) is 0. The first-order valence-electron chi connectivity index (χ1n) is 6.63. The third-order valence-corrected chi connectivity index (χ3v) is 3.13. The van der Waals surface area contributed by atoms with Gasteiger partial charge in [-0.3, -0.25) is 9.59 Å². The number of rotatable bonds is 6. The van der Waals surface area contributed by atoms with Gasteiger partial charge in [-0.05, 0) is 36.8 Å². The average Bonchev–Trinajstić information content (AvgIpc) is 3.01. The van der Waals surface area contributed by atoms with Crippen LogP contribution in [0.1, 0.15) is 23.4 Å². The third kappa shape index (κ3) is 4.60. The highest BCUT2D eigenvalue weighted by Gasteiger charge is 2.09. The summed E-state index contributed by atoms with van der Waals surface area (Å²) in [5.74, 6) is -0.834. The molecule has 1 aromatic carbocycles. The van der Waals surface area contributed by atoms with E-state index in [1.165, 1.54) is 18.4 Å². The van der Waals surface area contributed by atoms with Crippen LogP contribution in [0.5, 0.6) is 0 Å². The van der Waals surface area contributed by atoms with Crippen LogP contribution in [0.2, 0.25) is 5.02 Å². The molecule has 0 aliphatic carbocycles. The molecular formula is C15H14ClFN2O3. The summed E-state index contributed by atoms with van der Waals surface area (Å²) in [6, 6.07) is 6.91. The molecular weight excluding hydrogens is 311 g/mol. The molecule has 5 nitrogen and oxygen atoms in total. The first-order chi connectivity index (χ1) is 10.6. The zero-order chi connectivity index (χ0) is 15.9. The number of benzene rings is 1. The van der Waals surface area contributed by atoms with Crippen LogP contribution in [0, 0.1) is 5.82 Å². The van der Waals surface area contributed by atoms with Crippen molar-refractivity contribution in [3.63, 3.8) is 0 Å². The summed E-state index contributed by atoms with van der Waals surface area (Å²) >= 11 is 5.81. The molecule has 2 aromatic rings. The van der Waals surface area contributed by atoms with Gasteiger partial charge in [0.05, 0.1) is 17.0 Å². The number of amides is 2. The lowest BCUT2D eigenvalue weighted by Gasteiger charge is -2.07. The lowest BCUT2D eigenvalue weighted by Crippen LogP contribution is -2.25. The molecule has 0 atom stereocenters. The largest absolute Gasteiger partial charge is 0.459 e. The minimum atomic E-state index is -0.469. The van der Waals surface area contributed by atoms with Crippen LogP contribution >= 0.6 is 11.6 Å². The molecule has 2 rings (SSSR count). The highest BCUT2D eigenvalue weighted by molar-refractivity contribution is 6.33. The molecule has 0 saturated carbocycles. The summed E-state index contributed by atoms with van der Waals surface area (Å²) < 4.78 is 17.8. The van der Waals surface area contributed by atoms with E-state index in [1.807, 2.05) is 0 Å². The lowest BCUT2D eigenvalue weighted by atomic mass is 10.2. The van der Waals surface area contributed by atoms with Crippen molar-refractivity contribution >= 4 is 29.1 Å². The maximum atomic E-state index is 12.9. The molecule has 2 amide bonds. The van der Waals surface area contributed by atoms with Crippen LogP contribution in [-0.2, 0) is 4.79 Å². The van der Waals surface area contributed by atoms with Gasteiger partial charge in [0.2, 0.25) is 5.91 Å². The van der Waals surface area contributed by atoms with E-state index < -0.39 is 5.82 Å². The van der Waals surface area contributed by atoms with Crippen LogP contribution in [-0.4, -0.2) is 18.4 Å². The highest BCUT2D eigenvalue weighted by atomic mass is 35.5. The Bertz CT molecular complexity index is 659. The number of halogens is 2. The zero-order valence-electron chi connectivity index (χ0n) is 11.6. The van der Waals surface area contributed by atoms with Gasteiger partial charge in [0.15, 0.2) is 5.76 Å².